The van der Waals surface area contributed by atoms with Gasteiger partial charge in [0.1, 0.15) is 4.75 Å². The number of hydrogen-bond donors (Lipinski definition) is 1. The molecule has 0 aromatic heterocycles. The van der Waals surface area contributed by atoms with Gasteiger partial charge in [-0.25, -0.2) is 0 Å². The first-order valence-electron chi connectivity index (χ1n) is 9.08. The fourth-order valence-electron chi connectivity index (χ4n) is 2.99. The third-order valence-electron chi connectivity index (χ3n) is 4.54. The molecule has 0 aliphatic carbocycles. The van der Waals surface area contributed by atoms with Crippen LogP contribution in [0.3, 0.4) is 0 Å². The van der Waals surface area contributed by atoms with E-state index in [0.29, 0.717) is 30.4 Å². The van der Waals surface area contributed by atoms with E-state index in [1.807, 2.05) is 19.1 Å². The van der Waals surface area contributed by atoms with E-state index in [0.717, 1.165) is 30.4 Å². The Morgan fingerprint density at radius 2 is 2.04 bits per heavy atom. The lowest BCUT2D eigenvalue weighted by atomic mass is 9.87. The molecule has 0 fully saturated rings. The van der Waals surface area contributed by atoms with Gasteiger partial charge in [-0.05, 0) is 37.0 Å². The van der Waals surface area contributed by atoms with Crippen molar-refractivity contribution >= 4 is 24.3 Å². The monoisotopic (exact) mass is 390 g/mol. The summed E-state index contributed by atoms with van der Waals surface area (Å²) in [7, 11) is 3.15. The van der Waals surface area contributed by atoms with Gasteiger partial charge in [0.2, 0.25) is 0 Å². The molecule has 1 aliphatic heterocycles. The topological polar surface area (TPSA) is 80.9 Å². The number of methoxy groups -OCH3 is 2. The number of unbranched alkanes of at least 4 members (excludes halogenated alkanes) is 1. The fourth-order valence-corrected chi connectivity index (χ4v) is 3.29. The molecule has 7 heteroatoms. The van der Waals surface area contributed by atoms with Crippen molar-refractivity contribution in [2.24, 2.45) is 4.99 Å². The number of fused-ring (bicyclic) bond motifs is 1. The number of hydrogen-bond acceptors (Lipinski definition) is 7. The van der Waals surface area contributed by atoms with Crippen LogP contribution in [0.25, 0.3) is 0 Å². The first kappa shape index (κ1) is 21.1. The van der Waals surface area contributed by atoms with Crippen molar-refractivity contribution in [3.8, 4) is 17.6 Å². The lowest BCUT2D eigenvalue weighted by Crippen LogP contribution is -2.35. The summed E-state index contributed by atoms with van der Waals surface area (Å²) in [6.45, 7) is 3.00. The van der Waals surface area contributed by atoms with Gasteiger partial charge in [-0.2, -0.15) is 17.9 Å². The van der Waals surface area contributed by atoms with Gasteiger partial charge in [0.15, 0.2) is 11.5 Å². The summed E-state index contributed by atoms with van der Waals surface area (Å²) in [6, 6.07) is 5.97. The molecule has 0 saturated carbocycles. The number of carbonyl (C=O) groups excluding carboxylic acids is 1. The van der Waals surface area contributed by atoms with E-state index in [9.17, 15) is 10.1 Å². The van der Waals surface area contributed by atoms with Gasteiger partial charge in [0.05, 0.1) is 32.6 Å². The Morgan fingerprint density at radius 1 is 1.33 bits per heavy atom. The largest absolute Gasteiger partial charge is 0.493 e. The van der Waals surface area contributed by atoms with E-state index in [1.54, 1.807) is 14.2 Å². The molecule has 27 heavy (non-hydrogen) atoms. The highest BCUT2D eigenvalue weighted by Crippen LogP contribution is 2.37. The molecule has 1 unspecified atom stereocenters. The Kier molecular flexibility index (Phi) is 7.55. The van der Waals surface area contributed by atoms with Crippen LogP contribution in [0, 0.1) is 11.3 Å². The molecule has 1 aromatic carbocycles. The van der Waals surface area contributed by atoms with Crippen molar-refractivity contribution < 1.29 is 19.0 Å². The van der Waals surface area contributed by atoms with E-state index in [2.05, 4.69) is 23.7 Å². The number of carbonyl (C=O) groups is 1. The number of thiol groups is 1. The van der Waals surface area contributed by atoms with Crippen molar-refractivity contribution in [1.82, 2.24) is 0 Å². The minimum absolute atomic E-state index is 0.114. The molecule has 1 aliphatic rings. The molecule has 0 N–H and O–H groups in total. The number of benzene rings is 1. The zero-order valence-electron chi connectivity index (χ0n) is 16.1. The van der Waals surface area contributed by atoms with Gasteiger partial charge in [0, 0.05) is 18.5 Å². The zero-order valence-corrected chi connectivity index (χ0v) is 17.0. The van der Waals surface area contributed by atoms with E-state index in [-0.39, 0.29) is 18.8 Å². The molecule has 0 radical (unpaired) electrons. The van der Waals surface area contributed by atoms with Crippen LogP contribution in [0.15, 0.2) is 17.1 Å². The lowest BCUT2D eigenvalue weighted by Gasteiger charge is -2.28. The lowest BCUT2D eigenvalue weighted by molar-refractivity contribution is -0.143. The van der Waals surface area contributed by atoms with Crippen LogP contribution >= 0.6 is 12.6 Å². The first-order chi connectivity index (χ1) is 13.0. The Morgan fingerprint density at radius 3 is 2.67 bits per heavy atom. The van der Waals surface area contributed by atoms with E-state index < -0.39 is 4.75 Å². The molecule has 1 heterocycles. The number of aliphatic imine (C=N–C) groups is 1. The summed E-state index contributed by atoms with van der Waals surface area (Å²) >= 11 is 4.61. The van der Waals surface area contributed by atoms with Gasteiger partial charge in [-0.3, -0.25) is 9.79 Å². The van der Waals surface area contributed by atoms with Gasteiger partial charge >= 0.3 is 5.97 Å². The maximum absolute atomic E-state index is 12.0. The summed E-state index contributed by atoms with van der Waals surface area (Å²) < 4.78 is 14.8. The molecular weight excluding hydrogens is 364 g/mol. The zero-order chi connectivity index (χ0) is 19.9. The summed E-state index contributed by atoms with van der Waals surface area (Å²) in [5.74, 6) is 0.887. The Labute approximate surface area is 165 Å². The summed E-state index contributed by atoms with van der Waals surface area (Å²) in [5, 5.41) is 9.80. The van der Waals surface area contributed by atoms with Gasteiger partial charge in [-0.15, -0.1) is 0 Å². The van der Waals surface area contributed by atoms with Crippen molar-refractivity contribution in [2.75, 3.05) is 27.4 Å². The molecule has 1 atom stereocenters. The smallest absolute Gasteiger partial charge is 0.305 e. The first-order valence-corrected chi connectivity index (χ1v) is 9.53. The highest BCUT2D eigenvalue weighted by Gasteiger charge is 2.36. The van der Waals surface area contributed by atoms with Gasteiger partial charge < -0.3 is 14.2 Å². The third kappa shape index (κ3) is 4.95. The molecular formula is C20H26N2O4S. The van der Waals surface area contributed by atoms with Crippen LogP contribution in [0.5, 0.6) is 11.5 Å². The quantitative estimate of drug-likeness (QED) is 0.397. The number of nitrogens with zero attached hydrogens (tertiary/aromatic N) is 2. The minimum Gasteiger partial charge on any atom is -0.493 e. The molecule has 0 amide bonds. The van der Waals surface area contributed by atoms with E-state index >= 15 is 0 Å². The Bertz CT molecular complexity index is 757. The average Bonchev–Trinajstić information content (AvgIpc) is 2.70. The minimum atomic E-state index is -1.18. The third-order valence-corrected chi connectivity index (χ3v) is 5.08. The molecule has 0 bridgehead atoms. The van der Waals surface area contributed by atoms with Crippen LogP contribution in [-0.4, -0.2) is 43.8 Å². The van der Waals surface area contributed by atoms with Crippen LogP contribution in [0.2, 0.25) is 0 Å². The summed E-state index contributed by atoms with van der Waals surface area (Å²) in [6.07, 6.45) is 2.87. The van der Waals surface area contributed by atoms with Gasteiger partial charge in [-0.1, -0.05) is 13.3 Å². The van der Waals surface area contributed by atoms with Crippen LogP contribution in [0.1, 0.15) is 43.7 Å². The predicted molar refractivity (Wildman–Crippen MR) is 107 cm³/mol. The molecule has 6 nitrogen and oxygen atoms in total. The second kappa shape index (κ2) is 9.65. The van der Waals surface area contributed by atoms with Crippen LogP contribution in [-0.2, 0) is 16.0 Å². The highest BCUT2D eigenvalue weighted by atomic mass is 32.1. The summed E-state index contributed by atoms with van der Waals surface area (Å²) in [5.41, 5.74) is 2.41. The summed E-state index contributed by atoms with van der Waals surface area (Å²) in [4.78, 5) is 16.5. The van der Waals surface area contributed by atoms with E-state index in [4.69, 9.17) is 14.2 Å². The van der Waals surface area contributed by atoms with Crippen LogP contribution in [0.4, 0.5) is 0 Å². The number of rotatable bonds is 9. The highest BCUT2D eigenvalue weighted by molar-refractivity contribution is 7.83. The fraction of sp³-hybridized carbons (Fsp3) is 0.550. The van der Waals surface area contributed by atoms with Crippen molar-refractivity contribution in [2.45, 2.75) is 43.8 Å². The average molecular weight is 391 g/mol. The molecule has 0 saturated heterocycles. The van der Waals surface area contributed by atoms with Gasteiger partial charge in [0.25, 0.3) is 0 Å². The SMILES string of the molecule is CCCCOC(=O)CCC(S)(C#N)C1=NCCc2cc(OC)c(OC)cc21. The molecule has 2 rings (SSSR count). The maximum Gasteiger partial charge on any atom is 0.305 e. The predicted octanol–water partition coefficient (Wildman–Crippen LogP) is 3.36. The molecule has 1 aromatic rings. The Balaban J connectivity index is 2.24. The van der Waals surface area contributed by atoms with Crippen molar-refractivity contribution in [3.05, 3.63) is 23.3 Å². The van der Waals surface area contributed by atoms with Crippen molar-refractivity contribution in [3.63, 3.8) is 0 Å². The van der Waals surface area contributed by atoms with Crippen LogP contribution < -0.4 is 9.47 Å². The number of nitriles is 1. The Hall–Kier alpha value is -2.20. The maximum atomic E-state index is 12.0. The number of esters is 1. The number of ether oxygens (including phenoxy) is 3. The van der Waals surface area contributed by atoms with E-state index in [1.165, 1.54) is 0 Å². The second-order valence-corrected chi connectivity index (χ2v) is 7.15. The van der Waals surface area contributed by atoms with Crippen molar-refractivity contribution in [1.29, 1.82) is 5.26 Å². The normalized spacial score (nSPS) is 15.0. The molecule has 146 valence electrons. The standard InChI is InChI=1S/C20H26N2O4S/c1-4-5-10-26-18(23)6-8-20(27,13-21)19-15-12-17(25-3)16(24-2)11-14(15)7-9-22-19/h11-12,27H,4-10H2,1-3H3. The second-order valence-electron chi connectivity index (χ2n) is 6.39. The molecule has 0 spiro atoms.